The Hall–Kier alpha value is -1.39. The Kier molecular flexibility index (Phi) is 7.56. The van der Waals surface area contributed by atoms with Crippen molar-refractivity contribution in [3.05, 3.63) is 35.9 Å². The Morgan fingerprint density at radius 2 is 1.77 bits per heavy atom. The molecule has 0 aliphatic rings. The van der Waals surface area contributed by atoms with Crippen LogP contribution in [0.5, 0.6) is 0 Å². The summed E-state index contributed by atoms with van der Waals surface area (Å²) < 4.78 is 16.4. The second kappa shape index (κ2) is 8.91. The fraction of sp³-hybridized carbons (Fsp3) is 0.611. The van der Waals surface area contributed by atoms with Crippen molar-refractivity contribution >= 4 is 5.97 Å². The number of carbonyl (C=O) groups is 1. The monoisotopic (exact) mass is 308 g/mol. The van der Waals surface area contributed by atoms with E-state index in [1.807, 2.05) is 65.0 Å². The lowest BCUT2D eigenvalue weighted by Gasteiger charge is -2.23. The molecule has 0 aliphatic heterocycles. The van der Waals surface area contributed by atoms with Gasteiger partial charge >= 0.3 is 5.97 Å². The number of carbonyl (C=O) groups excluding carboxylic acids is 1. The van der Waals surface area contributed by atoms with Gasteiger partial charge in [0.05, 0.1) is 19.1 Å². The molecule has 0 bridgehead atoms. The Morgan fingerprint density at radius 1 is 1.14 bits per heavy atom. The molecule has 0 heterocycles. The van der Waals surface area contributed by atoms with Crippen molar-refractivity contribution in [2.45, 2.75) is 59.4 Å². The third kappa shape index (κ3) is 8.15. The van der Waals surface area contributed by atoms with Crippen LogP contribution in [-0.4, -0.2) is 24.5 Å². The molecule has 1 aromatic carbocycles. The Morgan fingerprint density at radius 3 is 2.36 bits per heavy atom. The summed E-state index contributed by atoms with van der Waals surface area (Å²) in [5, 5.41) is 0. The fourth-order valence-electron chi connectivity index (χ4n) is 1.87. The molecule has 22 heavy (non-hydrogen) atoms. The maximum absolute atomic E-state index is 11.8. The van der Waals surface area contributed by atoms with Crippen LogP contribution in [0.4, 0.5) is 0 Å². The van der Waals surface area contributed by atoms with Crippen molar-refractivity contribution in [3.63, 3.8) is 0 Å². The quantitative estimate of drug-likeness (QED) is 0.414. The first kappa shape index (κ1) is 18.7. The largest absolute Gasteiger partial charge is 0.460 e. The van der Waals surface area contributed by atoms with Crippen molar-refractivity contribution in [1.82, 2.24) is 0 Å². The summed E-state index contributed by atoms with van der Waals surface area (Å²) in [5.74, 6) is -0.115. The highest BCUT2D eigenvalue weighted by Gasteiger charge is 2.21. The molecule has 4 heteroatoms. The van der Waals surface area contributed by atoms with Crippen LogP contribution < -0.4 is 0 Å². The van der Waals surface area contributed by atoms with Crippen LogP contribution in [0.15, 0.2) is 30.3 Å². The molecule has 1 aromatic rings. The summed E-state index contributed by atoms with van der Waals surface area (Å²) >= 11 is 0. The Bertz CT molecular complexity index is 436. The van der Waals surface area contributed by atoms with Crippen molar-refractivity contribution in [2.75, 3.05) is 6.79 Å². The van der Waals surface area contributed by atoms with E-state index in [-0.39, 0.29) is 24.8 Å². The molecule has 0 N–H and O–H groups in total. The van der Waals surface area contributed by atoms with Gasteiger partial charge < -0.3 is 14.2 Å². The van der Waals surface area contributed by atoms with Gasteiger partial charge in [0.2, 0.25) is 0 Å². The smallest absolute Gasteiger partial charge is 0.306 e. The highest BCUT2D eigenvalue weighted by Crippen LogP contribution is 2.16. The first-order valence-electron chi connectivity index (χ1n) is 7.73. The number of esters is 1. The summed E-state index contributed by atoms with van der Waals surface area (Å²) in [6.45, 7) is 10.3. The average molecular weight is 308 g/mol. The van der Waals surface area contributed by atoms with Crippen LogP contribution >= 0.6 is 0 Å². The molecule has 0 saturated carbocycles. The van der Waals surface area contributed by atoms with Crippen LogP contribution in [0, 0.1) is 5.92 Å². The summed E-state index contributed by atoms with van der Waals surface area (Å²) in [4.78, 5) is 11.8. The molecule has 0 amide bonds. The topological polar surface area (TPSA) is 44.8 Å². The van der Waals surface area contributed by atoms with Crippen LogP contribution in [0.2, 0.25) is 0 Å². The average Bonchev–Trinajstić information content (AvgIpc) is 2.42. The first-order valence-corrected chi connectivity index (χ1v) is 7.73. The lowest BCUT2D eigenvalue weighted by Crippen LogP contribution is -2.28. The minimum Gasteiger partial charge on any atom is -0.460 e. The van der Waals surface area contributed by atoms with Crippen molar-refractivity contribution in [1.29, 1.82) is 0 Å². The molecule has 0 spiro atoms. The Labute approximate surface area is 133 Å². The van der Waals surface area contributed by atoms with E-state index >= 15 is 0 Å². The van der Waals surface area contributed by atoms with E-state index in [0.29, 0.717) is 13.0 Å². The summed E-state index contributed by atoms with van der Waals surface area (Å²) in [7, 11) is 0. The Balaban J connectivity index is 2.21. The van der Waals surface area contributed by atoms with Gasteiger partial charge in [-0.2, -0.15) is 0 Å². The minimum atomic E-state index is -0.445. The zero-order chi connectivity index (χ0) is 16.6. The summed E-state index contributed by atoms with van der Waals surface area (Å²) in [6.07, 6.45) is 0.278. The van der Waals surface area contributed by atoms with Gasteiger partial charge in [-0.3, -0.25) is 4.79 Å². The van der Waals surface area contributed by atoms with E-state index in [4.69, 9.17) is 14.2 Å². The van der Waals surface area contributed by atoms with Crippen LogP contribution in [0.3, 0.4) is 0 Å². The van der Waals surface area contributed by atoms with Gasteiger partial charge in [0.25, 0.3) is 0 Å². The molecule has 0 fully saturated rings. The van der Waals surface area contributed by atoms with E-state index in [2.05, 4.69) is 0 Å². The maximum Gasteiger partial charge on any atom is 0.306 e. The van der Waals surface area contributed by atoms with Gasteiger partial charge in [0.1, 0.15) is 12.4 Å². The predicted molar refractivity (Wildman–Crippen MR) is 86.3 cm³/mol. The van der Waals surface area contributed by atoms with E-state index < -0.39 is 5.60 Å². The molecule has 0 unspecified atom stereocenters. The first-order chi connectivity index (χ1) is 10.3. The molecule has 124 valence electrons. The zero-order valence-electron chi connectivity index (χ0n) is 14.3. The number of benzene rings is 1. The van der Waals surface area contributed by atoms with Crippen molar-refractivity contribution in [3.8, 4) is 0 Å². The zero-order valence-corrected chi connectivity index (χ0v) is 14.3. The lowest BCUT2D eigenvalue weighted by molar-refractivity contribution is -0.158. The number of hydrogen-bond acceptors (Lipinski definition) is 4. The van der Waals surface area contributed by atoms with Crippen LogP contribution in [0.1, 0.15) is 46.6 Å². The van der Waals surface area contributed by atoms with Crippen LogP contribution in [-0.2, 0) is 25.6 Å². The molecule has 0 radical (unpaired) electrons. The van der Waals surface area contributed by atoms with Gasteiger partial charge in [0, 0.05) is 0 Å². The van der Waals surface area contributed by atoms with Gasteiger partial charge in [-0.05, 0) is 39.2 Å². The molecule has 4 nitrogen and oxygen atoms in total. The summed E-state index contributed by atoms with van der Waals surface area (Å²) in [5.41, 5.74) is 0.667. The molecule has 2 atom stereocenters. The molecule has 1 rings (SSSR count). The van der Waals surface area contributed by atoms with Gasteiger partial charge in [-0.1, -0.05) is 37.3 Å². The van der Waals surface area contributed by atoms with Crippen molar-refractivity contribution < 1.29 is 19.0 Å². The molecular weight excluding hydrogens is 280 g/mol. The molecular formula is C18H28O4. The normalized spacial score (nSPS) is 14.4. The number of rotatable bonds is 8. The minimum absolute atomic E-state index is 0.0664. The number of hydrogen-bond donors (Lipinski definition) is 0. The van der Waals surface area contributed by atoms with Gasteiger partial charge in [-0.25, -0.2) is 0 Å². The third-order valence-electron chi connectivity index (χ3n) is 3.24. The predicted octanol–water partition coefficient (Wildman–Crippen LogP) is 3.93. The highest BCUT2D eigenvalue weighted by atomic mass is 16.7. The fourth-order valence-corrected chi connectivity index (χ4v) is 1.87. The van der Waals surface area contributed by atoms with Gasteiger partial charge in [-0.15, -0.1) is 0 Å². The third-order valence-corrected chi connectivity index (χ3v) is 3.24. The van der Waals surface area contributed by atoms with Gasteiger partial charge in [0.15, 0.2) is 0 Å². The lowest BCUT2D eigenvalue weighted by atomic mass is 10.0. The van der Waals surface area contributed by atoms with E-state index in [1.54, 1.807) is 0 Å². The second-order valence-electron chi connectivity index (χ2n) is 6.59. The summed E-state index contributed by atoms with van der Waals surface area (Å²) in [6, 6.07) is 9.94. The second-order valence-corrected chi connectivity index (χ2v) is 6.59. The highest BCUT2D eigenvalue weighted by molar-refractivity contribution is 5.70. The van der Waals surface area contributed by atoms with Crippen molar-refractivity contribution in [2.24, 2.45) is 5.92 Å². The van der Waals surface area contributed by atoms with E-state index in [1.165, 1.54) is 0 Å². The molecule has 0 aromatic heterocycles. The maximum atomic E-state index is 11.8. The number of ether oxygens (including phenoxy) is 3. The van der Waals surface area contributed by atoms with E-state index in [0.717, 1.165) is 5.56 Å². The van der Waals surface area contributed by atoms with E-state index in [9.17, 15) is 4.79 Å². The standard InChI is InChI=1S/C18H28O4/c1-14(11-17(19)22-18(3,4)5)15(2)21-13-20-12-16-9-7-6-8-10-16/h6-10,14-15H,11-13H2,1-5H3/t14-,15+/m1/s1. The molecule has 0 saturated heterocycles. The van der Waals surface area contributed by atoms with Crippen LogP contribution in [0.25, 0.3) is 0 Å². The SMILES string of the molecule is C[C@H](CC(=O)OC(C)(C)C)[C@H](C)OCOCc1ccccc1. The molecule has 0 aliphatic carbocycles.